The van der Waals surface area contributed by atoms with Crippen LogP contribution in [0.3, 0.4) is 0 Å². The minimum absolute atomic E-state index is 0.406. The highest BCUT2D eigenvalue weighted by atomic mass is 79.9. The van der Waals surface area contributed by atoms with Gasteiger partial charge in [-0.15, -0.1) is 0 Å². The molecule has 3 rings (SSSR count). The Morgan fingerprint density at radius 1 is 1.17 bits per heavy atom. The van der Waals surface area contributed by atoms with Crippen molar-refractivity contribution in [3.63, 3.8) is 0 Å². The molecule has 0 bridgehead atoms. The third-order valence-electron chi connectivity index (χ3n) is 4.67. The topological polar surface area (TPSA) is 29.3 Å². The monoisotopic (exact) mass is 308 g/mol. The number of rotatable bonds is 3. The molecule has 18 heavy (non-hydrogen) atoms. The van der Waals surface area contributed by atoms with Crippen LogP contribution >= 0.6 is 15.9 Å². The van der Waals surface area contributed by atoms with Crippen LogP contribution in [0.2, 0.25) is 0 Å². The minimum Gasteiger partial charge on any atom is -0.329 e. The average Bonchev–Trinajstić information content (AvgIpc) is 2.93. The Bertz CT molecular complexity index is 391. The zero-order chi connectivity index (χ0) is 12.5. The molecule has 3 atom stereocenters. The highest BCUT2D eigenvalue weighted by Gasteiger charge is 2.38. The molecule has 2 nitrogen and oxygen atoms in total. The maximum absolute atomic E-state index is 6.02. The second kappa shape index (κ2) is 5.32. The predicted octanol–water partition coefficient (Wildman–Crippen LogP) is 3.18. The van der Waals surface area contributed by atoms with Gasteiger partial charge in [0.15, 0.2) is 0 Å². The second-order valence-corrected chi connectivity index (χ2v) is 6.62. The van der Waals surface area contributed by atoms with Crippen molar-refractivity contribution in [2.45, 2.75) is 25.3 Å². The summed E-state index contributed by atoms with van der Waals surface area (Å²) in [7, 11) is 0. The van der Waals surface area contributed by atoms with Gasteiger partial charge in [0.25, 0.3) is 0 Å². The van der Waals surface area contributed by atoms with Crippen molar-refractivity contribution < 1.29 is 0 Å². The second-order valence-electron chi connectivity index (χ2n) is 5.71. The van der Waals surface area contributed by atoms with Crippen LogP contribution in [0.1, 0.15) is 30.9 Å². The van der Waals surface area contributed by atoms with Crippen molar-refractivity contribution >= 4 is 15.9 Å². The van der Waals surface area contributed by atoms with E-state index in [-0.39, 0.29) is 0 Å². The third kappa shape index (κ3) is 2.36. The van der Waals surface area contributed by atoms with Crippen LogP contribution in [0.5, 0.6) is 0 Å². The summed E-state index contributed by atoms with van der Waals surface area (Å²) in [6.45, 7) is 3.23. The number of benzene rings is 1. The van der Waals surface area contributed by atoms with Crippen molar-refractivity contribution in [2.24, 2.45) is 17.6 Å². The molecular formula is C15H21BrN2. The van der Waals surface area contributed by atoms with Crippen molar-refractivity contribution in [1.29, 1.82) is 0 Å². The summed E-state index contributed by atoms with van der Waals surface area (Å²) < 4.78 is 1.14. The van der Waals surface area contributed by atoms with Gasteiger partial charge in [0, 0.05) is 30.1 Å². The first-order chi connectivity index (χ1) is 8.78. The van der Waals surface area contributed by atoms with E-state index in [1.54, 1.807) is 0 Å². The first kappa shape index (κ1) is 12.6. The molecule has 0 aromatic heterocycles. The van der Waals surface area contributed by atoms with Gasteiger partial charge >= 0.3 is 0 Å². The largest absolute Gasteiger partial charge is 0.329 e. The van der Waals surface area contributed by atoms with Crippen molar-refractivity contribution in [1.82, 2.24) is 4.90 Å². The molecule has 1 saturated heterocycles. The van der Waals surface area contributed by atoms with Crippen molar-refractivity contribution in [3.05, 3.63) is 34.3 Å². The Morgan fingerprint density at radius 2 is 1.78 bits per heavy atom. The van der Waals surface area contributed by atoms with E-state index in [1.807, 2.05) is 0 Å². The Morgan fingerprint density at radius 3 is 2.33 bits per heavy atom. The first-order valence-electron chi connectivity index (χ1n) is 6.97. The molecule has 0 amide bonds. The lowest BCUT2D eigenvalue weighted by Crippen LogP contribution is -2.32. The number of likely N-dealkylation sites (tertiary alicyclic amines) is 1. The number of hydrogen-bond donors (Lipinski definition) is 1. The fraction of sp³-hybridized carbons (Fsp3) is 0.600. The van der Waals surface area contributed by atoms with Gasteiger partial charge in [-0.2, -0.15) is 0 Å². The Hall–Kier alpha value is -0.380. The first-order valence-corrected chi connectivity index (χ1v) is 7.77. The lowest BCUT2D eigenvalue weighted by molar-refractivity contribution is 0.232. The Balaban J connectivity index is 1.75. The molecule has 1 aliphatic heterocycles. The molecule has 1 saturated carbocycles. The summed E-state index contributed by atoms with van der Waals surface area (Å²) in [6, 6.07) is 9.05. The van der Waals surface area contributed by atoms with Crippen LogP contribution in [0.4, 0.5) is 0 Å². The van der Waals surface area contributed by atoms with Gasteiger partial charge in [-0.1, -0.05) is 34.5 Å². The van der Waals surface area contributed by atoms with Crippen LogP contribution in [0, 0.1) is 11.8 Å². The molecule has 1 aliphatic carbocycles. The smallest absolute Gasteiger partial charge is 0.0470 e. The standard InChI is InChI=1S/C15H21BrN2/c16-14-6-4-11(5-7-14)15(8-17)18-9-12-2-1-3-13(12)10-18/h4-7,12-13,15H,1-3,8-10,17H2. The van der Waals surface area contributed by atoms with E-state index in [0.29, 0.717) is 6.04 Å². The normalized spacial score (nSPS) is 29.4. The van der Waals surface area contributed by atoms with Crippen LogP contribution in [-0.2, 0) is 0 Å². The summed E-state index contributed by atoms with van der Waals surface area (Å²) >= 11 is 3.49. The lowest BCUT2D eigenvalue weighted by Gasteiger charge is -2.27. The van der Waals surface area contributed by atoms with E-state index in [9.17, 15) is 0 Å². The number of nitrogens with zero attached hydrogens (tertiary/aromatic N) is 1. The van der Waals surface area contributed by atoms with Crippen LogP contribution < -0.4 is 5.73 Å². The molecule has 1 heterocycles. The summed E-state index contributed by atoms with van der Waals surface area (Å²) in [4.78, 5) is 2.61. The Labute approximate surface area is 118 Å². The van der Waals surface area contributed by atoms with Gasteiger partial charge in [0.2, 0.25) is 0 Å². The van der Waals surface area contributed by atoms with Gasteiger partial charge in [-0.3, -0.25) is 4.90 Å². The molecule has 0 spiro atoms. The van der Waals surface area contributed by atoms with E-state index in [4.69, 9.17) is 5.73 Å². The molecule has 2 fully saturated rings. The maximum Gasteiger partial charge on any atom is 0.0470 e. The van der Waals surface area contributed by atoms with Crippen molar-refractivity contribution in [2.75, 3.05) is 19.6 Å². The fourth-order valence-corrected chi connectivity index (χ4v) is 3.97. The number of fused-ring (bicyclic) bond motifs is 1. The third-order valence-corrected chi connectivity index (χ3v) is 5.20. The van der Waals surface area contributed by atoms with Crippen LogP contribution in [0.25, 0.3) is 0 Å². The molecule has 3 heteroatoms. The van der Waals surface area contributed by atoms with Crippen LogP contribution in [0.15, 0.2) is 28.7 Å². The van der Waals surface area contributed by atoms with Gasteiger partial charge < -0.3 is 5.73 Å². The summed E-state index contributed by atoms with van der Waals surface area (Å²) in [5.74, 6) is 1.88. The van der Waals surface area contributed by atoms with Crippen LogP contribution in [-0.4, -0.2) is 24.5 Å². The average molecular weight is 309 g/mol. The maximum atomic E-state index is 6.02. The van der Waals surface area contributed by atoms with Gasteiger partial charge in [0.05, 0.1) is 0 Å². The van der Waals surface area contributed by atoms with E-state index in [0.717, 1.165) is 22.9 Å². The SMILES string of the molecule is NCC(c1ccc(Br)cc1)N1CC2CCCC2C1. The molecule has 1 aromatic carbocycles. The number of hydrogen-bond acceptors (Lipinski definition) is 2. The van der Waals surface area contributed by atoms with Gasteiger partial charge in [-0.05, 0) is 42.4 Å². The van der Waals surface area contributed by atoms with E-state index in [2.05, 4.69) is 45.1 Å². The zero-order valence-corrected chi connectivity index (χ0v) is 12.3. The summed E-state index contributed by atoms with van der Waals surface area (Å²) in [5, 5.41) is 0. The summed E-state index contributed by atoms with van der Waals surface area (Å²) in [5.41, 5.74) is 7.38. The van der Waals surface area contributed by atoms with E-state index < -0.39 is 0 Å². The molecule has 3 unspecified atom stereocenters. The highest BCUT2D eigenvalue weighted by molar-refractivity contribution is 9.10. The van der Waals surface area contributed by atoms with E-state index >= 15 is 0 Å². The predicted molar refractivity (Wildman–Crippen MR) is 78.3 cm³/mol. The quantitative estimate of drug-likeness (QED) is 0.929. The molecule has 2 N–H and O–H groups in total. The zero-order valence-electron chi connectivity index (χ0n) is 10.7. The van der Waals surface area contributed by atoms with Crippen molar-refractivity contribution in [3.8, 4) is 0 Å². The highest BCUT2D eigenvalue weighted by Crippen LogP contribution is 2.40. The molecule has 98 valence electrons. The lowest BCUT2D eigenvalue weighted by atomic mass is 10.0. The van der Waals surface area contributed by atoms with E-state index in [1.165, 1.54) is 37.9 Å². The molecule has 2 aliphatic rings. The molecular weight excluding hydrogens is 288 g/mol. The fourth-order valence-electron chi connectivity index (χ4n) is 3.71. The Kier molecular flexibility index (Phi) is 3.73. The molecule has 0 radical (unpaired) electrons. The summed E-state index contributed by atoms with van der Waals surface area (Å²) in [6.07, 6.45) is 4.30. The van der Waals surface area contributed by atoms with Gasteiger partial charge in [0.1, 0.15) is 0 Å². The minimum atomic E-state index is 0.406. The number of halogens is 1. The number of nitrogens with two attached hydrogens (primary N) is 1. The molecule has 1 aromatic rings. The van der Waals surface area contributed by atoms with Gasteiger partial charge in [-0.25, -0.2) is 0 Å².